The highest BCUT2D eigenvalue weighted by Gasteiger charge is 2.15. The summed E-state index contributed by atoms with van der Waals surface area (Å²) in [6.07, 6.45) is 0. The van der Waals surface area contributed by atoms with Gasteiger partial charge in [0.1, 0.15) is 5.82 Å². The standard InChI is InChI=1S/C11H13BrFN/c1-7(2)11(14-3)8-5-4-6-9(12)10(8)13/h4-6,11,14H,1H2,2-3H3. The van der Waals surface area contributed by atoms with Crippen molar-refractivity contribution in [3.05, 3.63) is 46.2 Å². The van der Waals surface area contributed by atoms with Gasteiger partial charge in [-0.15, -0.1) is 0 Å². The molecule has 0 amide bonds. The highest BCUT2D eigenvalue weighted by molar-refractivity contribution is 9.10. The molecule has 1 atom stereocenters. The van der Waals surface area contributed by atoms with E-state index in [0.717, 1.165) is 5.57 Å². The zero-order chi connectivity index (χ0) is 10.7. The zero-order valence-corrected chi connectivity index (χ0v) is 9.86. The molecule has 0 saturated carbocycles. The summed E-state index contributed by atoms with van der Waals surface area (Å²) >= 11 is 3.16. The summed E-state index contributed by atoms with van der Waals surface area (Å²) in [5.74, 6) is -0.227. The fraction of sp³-hybridized carbons (Fsp3) is 0.273. The summed E-state index contributed by atoms with van der Waals surface area (Å²) in [7, 11) is 1.79. The van der Waals surface area contributed by atoms with Gasteiger partial charge in [0.15, 0.2) is 0 Å². The number of hydrogen-bond acceptors (Lipinski definition) is 1. The maximum absolute atomic E-state index is 13.7. The normalized spacial score (nSPS) is 12.6. The number of hydrogen-bond donors (Lipinski definition) is 1. The minimum absolute atomic E-state index is 0.132. The van der Waals surface area contributed by atoms with Crippen molar-refractivity contribution in [3.8, 4) is 0 Å². The molecule has 3 heteroatoms. The van der Waals surface area contributed by atoms with Crippen LogP contribution in [0.1, 0.15) is 18.5 Å². The van der Waals surface area contributed by atoms with Crippen LogP contribution in [0.25, 0.3) is 0 Å². The smallest absolute Gasteiger partial charge is 0.142 e. The molecule has 0 aliphatic heterocycles. The van der Waals surface area contributed by atoms with E-state index in [2.05, 4.69) is 27.8 Å². The number of nitrogens with one attached hydrogen (secondary N) is 1. The molecule has 0 radical (unpaired) electrons. The van der Waals surface area contributed by atoms with E-state index in [0.29, 0.717) is 10.0 Å². The Hall–Kier alpha value is -0.670. The molecule has 1 aromatic rings. The number of benzene rings is 1. The van der Waals surface area contributed by atoms with Crippen molar-refractivity contribution < 1.29 is 4.39 Å². The first-order valence-electron chi connectivity index (χ1n) is 4.34. The summed E-state index contributed by atoms with van der Waals surface area (Å²) in [6.45, 7) is 5.71. The zero-order valence-electron chi connectivity index (χ0n) is 8.27. The second-order valence-electron chi connectivity index (χ2n) is 3.21. The first-order valence-corrected chi connectivity index (χ1v) is 5.13. The maximum atomic E-state index is 13.7. The van der Waals surface area contributed by atoms with Crippen LogP contribution in [0.3, 0.4) is 0 Å². The van der Waals surface area contributed by atoms with E-state index in [9.17, 15) is 4.39 Å². The van der Waals surface area contributed by atoms with Gasteiger partial charge in [-0.1, -0.05) is 24.3 Å². The van der Waals surface area contributed by atoms with Crippen molar-refractivity contribution in [3.63, 3.8) is 0 Å². The molecule has 76 valence electrons. The van der Waals surface area contributed by atoms with E-state index in [1.54, 1.807) is 19.2 Å². The molecule has 0 aliphatic rings. The largest absolute Gasteiger partial charge is 0.310 e. The molecule has 0 aliphatic carbocycles. The van der Waals surface area contributed by atoms with Crippen LogP contribution >= 0.6 is 15.9 Å². The fourth-order valence-corrected chi connectivity index (χ4v) is 1.79. The molecule has 1 unspecified atom stereocenters. The van der Waals surface area contributed by atoms with Crippen molar-refractivity contribution in [2.45, 2.75) is 13.0 Å². The lowest BCUT2D eigenvalue weighted by Crippen LogP contribution is -2.18. The van der Waals surface area contributed by atoms with Crippen LogP contribution in [0.5, 0.6) is 0 Å². The lowest BCUT2D eigenvalue weighted by molar-refractivity contribution is 0.567. The Bertz CT molecular complexity index is 349. The first-order chi connectivity index (χ1) is 6.57. The van der Waals surface area contributed by atoms with Crippen LogP contribution in [-0.2, 0) is 0 Å². The van der Waals surface area contributed by atoms with Crippen molar-refractivity contribution in [1.82, 2.24) is 5.32 Å². The fourth-order valence-electron chi connectivity index (χ4n) is 1.41. The SMILES string of the molecule is C=C(C)C(NC)c1cccc(Br)c1F. The Kier molecular flexibility index (Phi) is 3.84. The van der Waals surface area contributed by atoms with Gasteiger partial charge in [0.2, 0.25) is 0 Å². The Morgan fingerprint density at radius 1 is 1.57 bits per heavy atom. The molecule has 0 saturated heterocycles. The highest BCUT2D eigenvalue weighted by atomic mass is 79.9. The van der Waals surface area contributed by atoms with E-state index in [1.807, 2.05) is 13.0 Å². The lowest BCUT2D eigenvalue weighted by Gasteiger charge is -2.17. The second kappa shape index (κ2) is 4.71. The van der Waals surface area contributed by atoms with Crippen molar-refractivity contribution in [1.29, 1.82) is 0 Å². The van der Waals surface area contributed by atoms with Gasteiger partial charge >= 0.3 is 0 Å². The Balaban J connectivity index is 3.16. The average Bonchev–Trinajstić information content (AvgIpc) is 2.13. The van der Waals surface area contributed by atoms with Gasteiger partial charge in [-0.25, -0.2) is 4.39 Å². The van der Waals surface area contributed by atoms with E-state index in [1.165, 1.54) is 0 Å². The van der Waals surface area contributed by atoms with Crippen molar-refractivity contribution >= 4 is 15.9 Å². The van der Waals surface area contributed by atoms with E-state index < -0.39 is 0 Å². The average molecular weight is 258 g/mol. The molecule has 1 N–H and O–H groups in total. The molecule has 1 rings (SSSR count). The van der Waals surface area contributed by atoms with E-state index in [4.69, 9.17) is 0 Å². The van der Waals surface area contributed by atoms with E-state index in [-0.39, 0.29) is 11.9 Å². The van der Waals surface area contributed by atoms with Gasteiger partial charge < -0.3 is 5.32 Å². The van der Waals surface area contributed by atoms with Crippen molar-refractivity contribution in [2.75, 3.05) is 7.05 Å². The monoisotopic (exact) mass is 257 g/mol. The van der Waals surface area contributed by atoms with E-state index >= 15 is 0 Å². The first kappa shape index (κ1) is 11.4. The molecule has 0 heterocycles. The third kappa shape index (κ3) is 2.22. The van der Waals surface area contributed by atoms with Gasteiger partial charge in [-0.05, 0) is 36.0 Å². The number of likely N-dealkylation sites (N-methyl/N-ethyl adjacent to an activating group) is 1. The third-order valence-electron chi connectivity index (χ3n) is 2.07. The summed E-state index contributed by atoms with van der Waals surface area (Å²) in [4.78, 5) is 0. The van der Waals surface area contributed by atoms with Gasteiger partial charge in [-0.2, -0.15) is 0 Å². The highest BCUT2D eigenvalue weighted by Crippen LogP contribution is 2.26. The molecular weight excluding hydrogens is 245 g/mol. The Morgan fingerprint density at radius 2 is 2.21 bits per heavy atom. The van der Waals surface area contributed by atoms with Gasteiger partial charge in [-0.3, -0.25) is 0 Å². The predicted octanol–water partition coefficient (Wildman–Crippen LogP) is 3.42. The van der Waals surface area contributed by atoms with Crippen LogP contribution < -0.4 is 5.32 Å². The van der Waals surface area contributed by atoms with Gasteiger partial charge in [0.05, 0.1) is 10.5 Å². The Labute approximate surface area is 92.1 Å². The third-order valence-corrected chi connectivity index (χ3v) is 2.69. The lowest BCUT2D eigenvalue weighted by atomic mass is 10.0. The minimum atomic E-state index is -0.227. The summed E-state index contributed by atoms with van der Waals surface area (Å²) in [5, 5.41) is 3.03. The molecule has 14 heavy (non-hydrogen) atoms. The van der Waals surface area contributed by atoms with Crippen LogP contribution in [0.15, 0.2) is 34.8 Å². The molecular formula is C11H13BrFN. The number of rotatable bonds is 3. The number of halogens is 2. The van der Waals surface area contributed by atoms with Crippen LogP contribution in [0.4, 0.5) is 4.39 Å². The molecule has 0 aromatic heterocycles. The summed E-state index contributed by atoms with van der Waals surface area (Å²) in [5.41, 5.74) is 1.51. The van der Waals surface area contributed by atoms with Crippen LogP contribution in [-0.4, -0.2) is 7.05 Å². The van der Waals surface area contributed by atoms with Gasteiger partial charge in [0, 0.05) is 5.56 Å². The molecule has 0 spiro atoms. The molecule has 0 fully saturated rings. The van der Waals surface area contributed by atoms with Crippen LogP contribution in [0, 0.1) is 5.82 Å². The van der Waals surface area contributed by atoms with Crippen molar-refractivity contribution in [2.24, 2.45) is 0 Å². The topological polar surface area (TPSA) is 12.0 Å². The molecule has 1 aromatic carbocycles. The molecule has 0 bridgehead atoms. The quantitative estimate of drug-likeness (QED) is 0.819. The summed E-state index contributed by atoms with van der Waals surface area (Å²) < 4.78 is 14.2. The Morgan fingerprint density at radius 3 is 2.71 bits per heavy atom. The molecule has 1 nitrogen and oxygen atoms in total. The second-order valence-corrected chi connectivity index (χ2v) is 4.07. The maximum Gasteiger partial charge on any atom is 0.142 e. The van der Waals surface area contributed by atoms with Crippen LogP contribution in [0.2, 0.25) is 0 Å². The predicted molar refractivity (Wildman–Crippen MR) is 60.7 cm³/mol. The van der Waals surface area contributed by atoms with Gasteiger partial charge in [0.25, 0.3) is 0 Å². The minimum Gasteiger partial charge on any atom is -0.310 e. The summed E-state index contributed by atoms with van der Waals surface area (Å²) in [6, 6.07) is 5.13.